The van der Waals surface area contributed by atoms with Gasteiger partial charge < -0.3 is 29.2 Å². The molecular weight excluding hydrogens is 456 g/mol. The lowest BCUT2D eigenvalue weighted by molar-refractivity contribution is -0.150. The Morgan fingerprint density at radius 3 is 1.74 bits per heavy atom. The molecule has 2 N–H and O–H groups in total. The maximum absolute atomic E-state index is 11.0. The highest BCUT2D eigenvalue weighted by molar-refractivity contribution is 6.04. The molecule has 2 aliphatic heterocycles. The molecule has 2 rings (SSSR count). The summed E-state index contributed by atoms with van der Waals surface area (Å²) in [7, 11) is 0. The second-order valence-corrected chi connectivity index (χ2v) is 6.82. The van der Waals surface area contributed by atoms with Crippen LogP contribution in [0.5, 0.6) is 0 Å². The number of aliphatic hydroxyl groups excluding tert-OH is 2. The van der Waals surface area contributed by atoms with Crippen LogP contribution >= 0.6 is 0 Å². The normalized spacial score (nSPS) is 15.9. The number of cyclic esters (lactones) is 2. The number of ether oxygens (including phenoxy) is 4. The number of hydrogen-bond acceptors (Lipinski definition) is 12. The Hall–Kier alpha value is -3.22. The van der Waals surface area contributed by atoms with Gasteiger partial charge in [-0.25, -0.2) is 19.2 Å². The van der Waals surface area contributed by atoms with Crippen LogP contribution in [0.15, 0.2) is 24.3 Å². The number of ketones is 2. The Morgan fingerprint density at radius 1 is 1.03 bits per heavy atom. The van der Waals surface area contributed by atoms with Crippen LogP contribution in [0.2, 0.25) is 0 Å². The van der Waals surface area contributed by atoms with Gasteiger partial charge >= 0.3 is 23.9 Å². The summed E-state index contributed by atoms with van der Waals surface area (Å²) in [5.41, 5.74) is 0. The predicted molar refractivity (Wildman–Crippen MR) is 116 cm³/mol. The molecule has 0 aliphatic carbocycles. The molecule has 0 spiro atoms. The Morgan fingerprint density at radius 2 is 1.47 bits per heavy atom. The zero-order chi connectivity index (χ0) is 26.5. The molecule has 0 aromatic heterocycles. The lowest BCUT2D eigenvalue weighted by atomic mass is 10.3. The molecule has 0 saturated carbocycles. The van der Waals surface area contributed by atoms with Crippen molar-refractivity contribution in [3.8, 4) is 0 Å². The predicted octanol–water partition coefficient (Wildman–Crippen LogP) is -0.0222. The van der Waals surface area contributed by atoms with E-state index in [0.717, 1.165) is 30.9 Å². The van der Waals surface area contributed by atoms with Crippen molar-refractivity contribution in [1.29, 1.82) is 0 Å². The first-order valence-electron chi connectivity index (χ1n) is 10.2. The molecule has 2 unspecified atom stereocenters. The summed E-state index contributed by atoms with van der Waals surface area (Å²) in [6.45, 7) is 7.18. The van der Waals surface area contributed by atoms with Gasteiger partial charge in [-0.1, -0.05) is 0 Å². The van der Waals surface area contributed by atoms with Crippen LogP contribution in [0.4, 0.5) is 0 Å². The van der Waals surface area contributed by atoms with Crippen LogP contribution in [0, 0.1) is 0 Å². The molecule has 0 bridgehead atoms. The SMILES string of the molecule is CC(=O)CCO.CC(=O)CCOC(=O)/C=C\C(=O)OCC(C)O.CC1CO1.O=C1C=CC(=O)O1. The molecule has 0 aromatic carbocycles. The fourth-order valence-electron chi connectivity index (χ4n) is 1.29. The van der Waals surface area contributed by atoms with E-state index in [4.69, 9.17) is 14.9 Å². The first kappa shape index (κ1) is 33.0. The summed E-state index contributed by atoms with van der Waals surface area (Å²) < 4.78 is 17.9. The summed E-state index contributed by atoms with van der Waals surface area (Å²) in [5.74, 6) is -2.67. The quantitative estimate of drug-likeness (QED) is 0.146. The van der Waals surface area contributed by atoms with E-state index in [0.29, 0.717) is 12.5 Å². The number of carbonyl (C=O) groups is 6. The highest BCUT2D eigenvalue weighted by Crippen LogP contribution is 2.04. The minimum absolute atomic E-state index is 0.0127. The van der Waals surface area contributed by atoms with E-state index in [1.807, 2.05) is 0 Å². The molecule has 12 nitrogen and oxygen atoms in total. The van der Waals surface area contributed by atoms with Gasteiger partial charge in [0.15, 0.2) is 0 Å². The molecule has 192 valence electrons. The van der Waals surface area contributed by atoms with E-state index in [-0.39, 0.29) is 37.8 Å². The third-order valence-electron chi connectivity index (χ3n) is 3.04. The summed E-state index contributed by atoms with van der Waals surface area (Å²) in [4.78, 5) is 62.2. The molecule has 2 heterocycles. The minimum Gasteiger partial charge on any atom is -0.462 e. The van der Waals surface area contributed by atoms with Crippen molar-refractivity contribution in [2.24, 2.45) is 0 Å². The number of epoxide rings is 1. The lowest BCUT2D eigenvalue weighted by Gasteiger charge is -2.03. The van der Waals surface area contributed by atoms with Crippen molar-refractivity contribution in [2.45, 2.75) is 52.7 Å². The number of aliphatic hydroxyl groups is 2. The molecule has 0 amide bonds. The van der Waals surface area contributed by atoms with Crippen LogP contribution < -0.4 is 0 Å². The first-order chi connectivity index (χ1) is 15.9. The van der Waals surface area contributed by atoms with Crippen LogP contribution in [0.1, 0.15) is 40.5 Å². The van der Waals surface area contributed by atoms with E-state index in [1.54, 1.807) is 0 Å². The van der Waals surface area contributed by atoms with E-state index in [2.05, 4.69) is 21.1 Å². The Labute approximate surface area is 197 Å². The van der Waals surface area contributed by atoms with Crippen molar-refractivity contribution < 1.29 is 57.9 Å². The van der Waals surface area contributed by atoms with E-state index < -0.39 is 30.0 Å². The molecule has 1 fully saturated rings. The average molecular weight is 488 g/mol. The maximum Gasteiger partial charge on any atom is 0.338 e. The third kappa shape index (κ3) is 28.8. The highest BCUT2D eigenvalue weighted by Gasteiger charge is 2.13. The maximum atomic E-state index is 11.0. The van der Waals surface area contributed by atoms with Gasteiger partial charge in [-0.05, 0) is 27.7 Å². The van der Waals surface area contributed by atoms with Gasteiger partial charge in [-0.15, -0.1) is 0 Å². The lowest BCUT2D eigenvalue weighted by Crippen LogP contribution is -2.14. The van der Waals surface area contributed by atoms with Gasteiger partial charge in [0.25, 0.3) is 0 Å². The third-order valence-corrected chi connectivity index (χ3v) is 3.04. The Kier molecular flexibility index (Phi) is 19.8. The van der Waals surface area contributed by atoms with Crippen molar-refractivity contribution in [3.05, 3.63) is 24.3 Å². The van der Waals surface area contributed by atoms with Gasteiger partial charge in [-0.3, -0.25) is 9.59 Å². The van der Waals surface area contributed by atoms with Gasteiger partial charge in [0.05, 0.1) is 25.4 Å². The van der Waals surface area contributed by atoms with Gasteiger partial charge in [0, 0.05) is 43.8 Å². The average Bonchev–Trinajstić information content (AvgIpc) is 3.42. The Balaban J connectivity index is 0. The Bertz CT molecular complexity index is 716. The highest BCUT2D eigenvalue weighted by atomic mass is 16.6. The fourth-order valence-corrected chi connectivity index (χ4v) is 1.29. The number of Topliss-reactive ketones (excluding diaryl/α,β-unsaturated/α-hetero) is 2. The van der Waals surface area contributed by atoms with Crippen molar-refractivity contribution in [1.82, 2.24) is 0 Å². The molecule has 0 aromatic rings. The van der Waals surface area contributed by atoms with Crippen molar-refractivity contribution >= 4 is 35.4 Å². The second kappa shape index (κ2) is 20.4. The number of hydrogen-bond donors (Lipinski definition) is 2. The van der Waals surface area contributed by atoms with E-state index >= 15 is 0 Å². The van der Waals surface area contributed by atoms with E-state index in [1.165, 1.54) is 20.8 Å². The number of carbonyl (C=O) groups excluding carboxylic acids is 6. The first-order valence-corrected chi connectivity index (χ1v) is 10.2. The van der Waals surface area contributed by atoms with Gasteiger partial charge in [0.1, 0.15) is 18.2 Å². The molecule has 0 radical (unpaired) electrons. The summed E-state index contributed by atoms with van der Waals surface area (Å²) in [6.07, 6.45) is 4.24. The zero-order valence-corrected chi connectivity index (χ0v) is 19.7. The monoisotopic (exact) mass is 488 g/mol. The molecule has 1 saturated heterocycles. The molecule has 12 heteroatoms. The van der Waals surface area contributed by atoms with Crippen LogP contribution in [0.25, 0.3) is 0 Å². The van der Waals surface area contributed by atoms with Gasteiger partial charge in [-0.2, -0.15) is 0 Å². The second-order valence-electron chi connectivity index (χ2n) is 6.82. The topological polar surface area (TPSA) is 183 Å². The van der Waals surface area contributed by atoms with Crippen molar-refractivity contribution in [2.75, 3.05) is 26.4 Å². The van der Waals surface area contributed by atoms with Crippen LogP contribution in [-0.4, -0.2) is 84.3 Å². The molecule has 2 atom stereocenters. The van der Waals surface area contributed by atoms with E-state index in [9.17, 15) is 28.8 Å². The molecule has 2 aliphatic rings. The van der Waals surface area contributed by atoms with Crippen LogP contribution in [0.3, 0.4) is 0 Å². The fraction of sp³-hybridized carbons (Fsp3) is 0.545. The van der Waals surface area contributed by atoms with Crippen LogP contribution in [-0.2, 0) is 47.7 Å². The number of rotatable bonds is 9. The summed E-state index contributed by atoms with van der Waals surface area (Å²) in [6, 6.07) is 0. The standard InChI is InChI=1S/C11H16O6.C4H2O3.C4H8O2.C3H6O/c1-8(12)5-6-16-10(14)3-4-11(15)17-7-9(2)13;5-3-1-2-4(6)7-3;1-4(6)2-3-5;1-3-2-4-3/h3-4,9,13H,5-7H2,1-2H3;1-2H;5H,2-3H2,1H3;3H,2H2,1H3/b4-3-;;;. The molecule has 34 heavy (non-hydrogen) atoms. The summed E-state index contributed by atoms with van der Waals surface area (Å²) in [5, 5.41) is 16.8. The number of esters is 4. The van der Waals surface area contributed by atoms with Gasteiger partial charge in [0.2, 0.25) is 0 Å². The molecular formula is C22H32O12. The van der Waals surface area contributed by atoms with Crippen molar-refractivity contribution in [3.63, 3.8) is 0 Å². The zero-order valence-electron chi connectivity index (χ0n) is 19.7. The largest absolute Gasteiger partial charge is 0.462 e. The summed E-state index contributed by atoms with van der Waals surface area (Å²) >= 11 is 0. The smallest absolute Gasteiger partial charge is 0.338 e. The minimum atomic E-state index is -0.755.